The Balaban J connectivity index is 1.72. The van der Waals surface area contributed by atoms with E-state index in [4.69, 9.17) is 4.74 Å². The summed E-state index contributed by atoms with van der Waals surface area (Å²) in [5.74, 6) is -0.183. The number of ether oxygens (including phenoxy) is 1. The van der Waals surface area contributed by atoms with Gasteiger partial charge in [0.1, 0.15) is 18.2 Å². The Bertz CT molecular complexity index is 655. The lowest BCUT2D eigenvalue weighted by atomic mass is 10.1. The molecule has 0 spiro atoms. The summed E-state index contributed by atoms with van der Waals surface area (Å²) in [4.78, 5) is 13.5. The van der Waals surface area contributed by atoms with Crippen molar-refractivity contribution in [2.45, 2.75) is 6.42 Å². The van der Waals surface area contributed by atoms with Crippen LogP contribution in [0.15, 0.2) is 35.7 Å². The van der Waals surface area contributed by atoms with Gasteiger partial charge in [-0.25, -0.2) is 12.8 Å². The number of allylic oxidation sites excluding steroid dienone is 1. The van der Waals surface area contributed by atoms with Crippen molar-refractivity contribution in [1.29, 1.82) is 0 Å². The minimum absolute atomic E-state index is 0.00133. The Hall–Kier alpha value is -1.89. The lowest BCUT2D eigenvalue weighted by Crippen LogP contribution is -2.32. The molecule has 0 saturated carbocycles. The van der Waals surface area contributed by atoms with E-state index in [2.05, 4.69) is 0 Å². The number of carbonyl (C=O) groups excluding carboxylic acids is 1. The summed E-state index contributed by atoms with van der Waals surface area (Å²) in [6, 6.07) is 5.64. The van der Waals surface area contributed by atoms with Crippen LogP contribution in [-0.4, -0.2) is 45.2 Å². The summed E-state index contributed by atoms with van der Waals surface area (Å²) in [7, 11) is -1.49. The summed E-state index contributed by atoms with van der Waals surface area (Å²) in [6.45, 7) is 0.659. The first-order chi connectivity index (χ1) is 10.4. The van der Waals surface area contributed by atoms with Crippen molar-refractivity contribution in [2.75, 3.05) is 26.0 Å². The predicted molar refractivity (Wildman–Crippen MR) is 80.6 cm³/mol. The van der Waals surface area contributed by atoms with E-state index in [0.717, 1.165) is 0 Å². The first-order valence-electron chi connectivity index (χ1n) is 6.89. The fourth-order valence-corrected chi connectivity index (χ4v) is 3.50. The molecule has 1 amide bonds. The molecular weight excluding hydrogens is 309 g/mol. The minimum Gasteiger partial charge on any atom is -0.492 e. The molecule has 1 aliphatic heterocycles. The second-order valence-corrected chi connectivity index (χ2v) is 7.17. The first-order valence-corrected chi connectivity index (χ1v) is 8.60. The molecule has 1 aromatic rings. The topological polar surface area (TPSA) is 63.7 Å². The zero-order valence-corrected chi connectivity index (χ0v) is 13.1. The molecule has 0 fully saturated rings. The molecule has 1 unspecified atom stereocenters. The number of rotatable bonds is 6. The van der Waals surface area contributed by atoms with E-state index < -0.39 is 9.84 Å². The number of sulfone groups is 1. The van der Waals surface area contributed by atoms with Gasteiger partial charge >= 0.3 is 0 Å². The quantitative estimate of drug-likeness (QED) is 0.796. The van der Waals surface area contributed by atoms with E-state index in [1.54, 1.807) is 13.1 Å². The van der Waals surface area contributed by atoms with Gasteiger partial charge in [0.05, 0.1) is 12.3 Å². The highest BCUT2D eigenvalue weighted by molar-refractivity contribution is 7.94. The Morgan fingerprint density at radius 3 is 2.64 bits per heavy atom. The van der Waals surface area contributed by atoms with Gasteiger partial charge in [-0.15, -0.1) is 0 Å². The van der Waals surface area contributed by atoms with Gasteiger partial charge in [0.25, 0.3) is 0 Å². The lowest BCUT2D eigenvalue weighted by molar-refractivity contribution is -0.130. The number of carbonyl (C=O) groups is 1. The maximum Gasteiger partial charge on any atom is 0.223 e. The fraction of sp³-hybridized carbons (Fsp3) is 0.400. The maximum atomic E-state index is 12.7. The smallest absolute Gasteiger partial charge is 0.223 e. The lowest BCUT2D eigenvalue weighted by Gasteiger charge is -2.18. The van der Waals surface area contributed by atoms with Crippen LogP contribution in [0.2, 0.25) is 0 Å². The molecule has 1 aliphatic rings. The van der Waals surface area contributed by atoms with Crippen LogP contribution in [-0.2, 0) is 14.6 Å². The predicted octanol–water partition coefficient (Wildman–Crippen LogP) is 1.61. The molecular formula is C15H18FNO4S. The number of likely N-dealkylation sites (N-methyl/N-ethyl adjacent to an activating group) is 1. The normalized spacial score (nSPS) is 19.1. The number of hydrogen-bond donors (Lipinski definition) is 0. The van der Waals surface area contributed by atoms with E-state index in [1.807, 2.05) is 0 Å². The maximum absolute atomic E-state index is 12.7. The molecule has 1 heterocycles. The van der Waals surface area contributed by atoms with E-state index >= 15 is 0 Å². The molecule has 5 nitrogen and oxygen atoms in total. The van der Waals surface area contributed by atoms with Gasteiger partial charge in [-0.3, -0.25) is 4.79 Å². The van der Waals surface area contributed by atoms with Crippen LogP contribution in [0.4, 0.5) is 4.39 Å². The average molecular weight is 327 g/mol. The van der Waals surface area contributed by atoms with Crippen molar-refractivity contribution in [1.82, 2.24) is 4.90 Å². The van der Waals surface area contributed by atoms with Gasteiger partial charge in [-0.2, -0.15) is 0 Å². The molecule has 2 rings (SSSR count). The van der Waals surface area contributed by atoms with Gasteiger partial charge in [0.15, 0.2) is 9.84 Å². The van der Waals surface area contributed by atoms with Crippen molar-refractivity contribution in [2.24, 2.45) is 5.92 Å². The van der Waals surface area contributed by atoms with E-state index in [9.17, 15) is 17.6 Å². The molecule has 0 aromatic heterocycles. The highest BCUT2D eigenvalue weighted by atomic mass is 32.2. The van der Waals surface area contributed by atoms with Crippen molar-refractivity contribution >= 4 is 15.7 Å². The Labute approximate surface area is 129 Å². The van der Waals surface area contributed by atoms with Crippen molar-refractivity contribution in [3.05, 3.63) is 41.6 Å². The molecule has 0 N–H and O–H groups in total. The van der Waals surface area contributed by atoms with Crippen LogP contribution in [0.25, 0.3) is 0 Å². The monoisotopic (exact) mass is 327 g/mol. The van der Waals surface area contributed by atoms with Gasteiger partial charge in [0, 0.05) is 24.8 Å². The summed E-state index contributed by atoms with van der Waals surface area (Å²) in [5, 5.41) is 1.17. The van der Waals surface area contributed by atoms with E-state index in [1.165, 1.54) is 34.6 Å². The standard InChI is InChI=1S/C15H18FNO4S/c1-17(7-8-21-14-4-2-13(16)3-5-14)15(18)10-12-6-9-22(19,20)11-12/h2-6,9,12H,7-8,10-11H2,1H3. The fourth-order valence-electron chi connectivity index (χ4n) is 2.10. The van der Waals surface area contributed by atoms with Crippen LogP contribution in [0.5, 0.6) is 5.75 Å². The number of hydrogen-bond acceptors (Lipinski definition) is 4. The number of nitrogens with zero attached hydrogens (tertiary/aromatic N) is 1. The van der Waals surface area contributed by atoms with Gasteiger partial charge in [-0.05, 0) is 24.3 Å². The number of amides is 1. The molecule has 1 atom stereocenters. The molecule has 1 aromatic carbocycles. The molecule has 0 aliphatic carbocycles. The van der Waals surface area contributed by atoms with Crippen molar-refractivity contribution < 1.29 is 22.3 Å². The molecule has 0 radical (unpaired) electrons. The van der Waals surface area contributed by atoms with Crippen molar-refractivity contribution in [3.63, 3.8) is 0 Å². The zero-order chi connectivity index (χ0) is 16.2. The molecule has 22 heavy (non-hydrogen) atoms. The first kappa shape index (κ1) is 16.5. The third kappa shape index (κ3) is 4.84. The molecule has 0 bridgehead atoms. The van der Waals surface area contributed by atoms with Crippen LogP contribution in [0.3, 0.4) is 0 Å². The van der Waals surface area contributed by atoms with E-state index in [-0.39, 0.29) is 36.4 Å². The minimum atomic E-state index is -3.13. The van der Waals surface area contributed by atoms with Gasteiger partial charge in [-0.1, -0.05) is 6.08 Å². The Kier molecular flexibility index (Phi) is 5.18. The van der Waals surface area contributed by atoms with Gasteiger partial charge in [0.2, 0.25) is 5.91 Å². The Morgan fingerprint density at radius 1 is 1.36 bits per heavy atom. The summed E-state index contributed by atoms with van der Waals surface area (Å²) in [6.07, 6.45) is 1.73. The summed E-state index contributed by atoms with van der Waals surface area (Å²) >= 11 is 0. The average Bonchev–Trinajstić information content (AvgIpc) is 2.80. The van der Waals surface area contributed by atoms with Crippen LogP contribution >= 0.6 is 0 Å². The molecule has 120 valence electrons. The largest absolute Gasteiger partial charge is 0.492 e. The second kappa shape index (κ2) is 6.91. The third-order valence-electron chi connectivity index (χ3n) is 3.38. The summed E-state index contributed by atoms with van der Waals surface area (Å²) in [5.41, 5.74) is 0. The third-order valence-corrected chi connectivity index (χ3v) is 4.84. The van der Waals surface area contributed by atoms with E-state index in [0.29, 0.717) is 12.3 Å². The van der Waals surface area contributed by atoms with Gasteiger partial charge < -0.3 is 9.64 Å². The van der Waals surface area contributed by atoms with Crippen LogP contribution in [0, 0.1) is 11.7 Å². The molecule has 7 heteroatoms. The van der Waals surface area contributed by atoms with Crippen LogP contribution < -0.4 is 4.74 Å². The SMILES string of the molecule is CN(CCOc1ccc(F)cc1)C(=O)CC1C=CS(=O)(=O)C1. The Morgan fingerprint density at radius 2 is 2.05 bits per heavy atom. The highest BCUT2D eigenvalue weighted by Crippen LogP contribution is 2.19. The van der Waals surface area contributed by atoms with Crippen molar-refractivity contribution in [3.8, 4) is 5.75 Å². The zero-order valence-electron chi connectivity index (χ0n) is 12.2. The van der Waals surface area contributed by atoms with Crippen LogP contribution in [0.1, 0.15) is 6.42 Å². The summed E-state index contributed by atoms with van der Waals surface area (Å²) < 4.78 is 40.7. The second-order valence-electron chi connectivity index (χ2n) is 5.24. The molecule has 0 saturated heterocycles. The number of halogens is 1. The number of benzene rings is 1. The highest BCUT2D eigenvalue weighted by Gasteiger charge is 2.24.